The van der Waals surface area contributed by atoms with Crippen LogP contribution in [-0.4, -0.2) is 63.9 Å². The zero-order valence-corrected chi connectivity index (χ0v) is 19.3. The van der Waals surface area contributed by atoms with E-state index in [-0.39, 0.29) is 41.2 Å². The van der Waals surface area contributed by atoms with Gasteiger partial charge < -0.3 is 19.9 Å². The van der Waals surface area contributed by atoms with E-state index in [4.69, 9.17) is 16.3 Å². The highest BCUT2D eigenvalue weighted by atomic mass is 35.5. The van der Waals surface area contributed by atoms with Crippen molar-refractivity contribution in [3.8, 4) is 5.75 Å². The number of carbonyl (C=O) groups is 2. The first kappa shape index (κ1) is 22.1. The first-order valence-corrected chi connectivity index (χ1v) is 12.1. The smallest absolute Gasteiger partial charge is 0.234 e. The topological polar surface area (TPSA) is 86.3 Å². The van der Waals surface area contributed by atoms with Crippen LogP contribution >= 0.6 is 23.4 Å². The molecule has 2 aliphatic heterocycles. The molecule has 3 aliphatic rings. The average Bonchev–Trinajstić information content (AvgIpc) is 3.19. The number of rotatable bonds is 6. The van der Waals surface area contributed by atoms with E-state index in [0.29, 0.717) is 18.7 Å². The molecule has 2 amide bonds. The molecule has 31 heavy (non-hydrogen) atoms. The van der Waals surface area contributed by atoms with Gasteiger partial charge in [-0.3, -0.25) is 15.0 Å². The second-order valence-corrected chi connectivity index (χ2v) is 9.55. The minimum atomic E-state index is -0.285. The van der Waals surface area contributed by atoms with Crippen molar-refractivity contribution in [3.63, 3.8) is 0 Å². The van der Waals surface area contributed by atoms with Gasteiger partial charge in [0.05, 0.1) is 18.8 Å². The van der Waals surface area contributed by atoms with Crippen LogP contribution in [0.4, 0.5) is 5.69 Å². The van der Waals surface area contributed by atoms with Crippen molar-refractivity contribution in [2.75, 3.05) is 24.7 Å². The van der Waals surface area contributed by atoms with E-state index in [9.17, 15) is 9.59 Å². The van der Waals surface area contributed by atoms with Gasteiger partial charge in [0.25, 0.3) is 0 Å². The number of benzene rings is 1. The summed E-state index contributed by atoms with van der Waals surface area (Å²) in [7, 11) is 1.60. The molecule has 1 aliphatic carbocycles. The van der Waals surface area contributed by atoms with Crippen molar-refractivity contribution < 1.29 is 14.3 Å². The molecule has 1 saturated carbocycles. The fourth-order valence-electron chi connectivity index (χ4n) is 4.50. The highest BCUT2D eigenvalue weighted by Gasteiger charge is 2.51. The van der Waals surface area contributed by atoms with E-state index in [0.717, 1.165) is 30.2 Å². The minimum absolute atomic E-state index is 0.0316. The zero-order chi connectivity index (χ0) is 22.0. The molecule has 4 unspecified atom stereocenters. The molecule has 1 aromatic carbocycles. The molecule has 1 aromatic rings. The van der Waals surface area contributed by atoms with E-state index < -0.39 is 0 Å². The second kappa shape index (κ2) is 9.56. The number of hydrogen-bond acceptors (Lipinski definition) is 7. The Labute approximate surface area is 191 Å². The molecule has 1 saturated heterocycles. The number of nitrogens with one attached hydrogen (secondary N) is 2. The van der Waals surface area contributed by atoms with Crippen LogP contribution in [0.2, 0.25) is 0 Å². The Balaban J connectivity index is 1.42. The number of fused-ring (bicyclic) bond motifs is 3. The first-order chi connectivity index (χ1) is 15.0. The van der Waals surface area contributed by atoms with Gasteiger partial charge in [-0.05, 0) is 49.9 Å². The molecule has 2 heterocycles. The fourth-order valence-corrected chi connectivity index (χ4v) is 5.65. The maximum Gasteiger partial charge on any atom is 0.234 e. The van der Waals surface area contributed by atoms with Gasteiger partial charge in [0, 0.05) is 23.7 Å². The highest BCUT2D eigenvalue weighted by molar-refractivity contribution is 8.14. The van der Waals surface area contributed by atoms with Gasteiger partial charge >= 0.3 is 0 Å². The van der Waals surface area contributed by atoms with Gasteiger partial charge in [0.2, 0.25) is 11.8 Å². The SMILES string of the molecule is CCCN1C(=O)C2CC(Cl)CCC2N2C(SCC(=O)Nc3ccc(OC)cc3)=NNC12. The van der Waals surface area contributed by atoms with E-state index in [1.54, 1.807) is 31.4 Å². The Morgan fingerprint density at radius 2 is 2.13 bits per heavy atom. The monoisotopic (exact) mass is 465 g/mol. The molecular weight excluding hydrogens is 438 g/mol. The van der Waals surface area contributed by atoms with Gasteiger partial charge in [0.1, 0.15) is 5.75 Å². The standard InChI is InChI=1S/C21H28ClN5O3S/c1-3-10-26-19(29)16-11-13(22)4-9-17(16)27-20(26)24-25-21(27)31-12-18(28)23-14-5-7-15(30-2)8-6-14/h5-8,13,16-17,20,24H,3-4,9-12H2,1-2H3,(H,23,28). The zero-order valence-electron chi connectivity index (χ0n) is 17.7. The molecule has 0 bridgehead atoms. The molecule has 0 spiro atoms. The van der Waals surface area contributed by atoms with Gasteiger partial charge in [-0.25, -0.2) is 0 Å². The lowest BCUT2D eigenvalue weighted by Gasteiger charge is -2.51. The number of anilines is 1. The predicted molar refractivity (Wildman–Crippen MR) is 123 cm³/mol. The summed E-state index contributed by atoms with van der Waals surface area (Å²) in [5.74, 6) is 0.887. The Morgan fingerprint density at radius 1 is 1.35 bits per heavy atom. The number of amides is 2. The summed E-state index contributed by atoms with van der Waals surface area (Å²) >= 11 is 7.79. The van der Waals surface area contributed by atoms with Crippen molar-refractivity contribution in [2.24, 2.45) is 11.0 Å². The van der Waals surface area contributed by atoms with Crippen LogP contribution in [0.3, 0.4) is 0 Å². The van der Waals surface area contributed by atoms with E-state index >= 15 is 0 Å². The number of carbonyl (C=O) groups excluding carboxylic acids is 2. The summed E-state index contributed by atoms with van der Waals surface area (Å²) in [6.45, 7) is 2.72. The maximum absolute atomic E-state index is 13.1. The molecule has 168 valence electrons. The molecule has 4 rings (SSSR count). The Morgan fingerprint density at radius 3 is 2.84 bits per heavy atom. The van der Waals surface area contributed by atoms with Crippen molar-refractivity contribution >= 4 is 46.0 Å². The summed E-state index contributed by atoms with van der Waals surface area (Å²) in [5, 5.41) is 8.17. The number of ether oxygens (including phenoxy) is 1. The summed E-state index contributed by atoms with van der Waals surface area (Å²) in [4.78, 5) is 29.7. The molecule has 0 aromatic heterocycles. The third-order valence-electron chi connectivity index (χ3n) is 5.93. The van der Waals surface area contributed by atoms with E-state index in [1.807, 2.05) is 4.90 Å². The first-order valence-electron chi connectivity index (χ1n) is 10.6. The summed E-state index contributed by atoms with van der Waals surface area (Å²) in [6, 6.07) is 7.28. The number of methoxy groups -OCH3 is 1. The number of halogens is 1. The lowest BCUT2D eigenvalue weighted by atomic mass is 9.81. The number of hydrazone groups is 1. The van der Waals surface area contributed by atoms with Crippen LogP contribution in [0.25, 0.3) is 0 Å². The van der Waals surface area contributed by atoms with Gasteiger partial charge in [0.15, 0.2) is 11.5 Å². The summed E-state index contributed by atoms with van der Waals surface area (Å²) < 4.78 is 5.14. The van der Waals surface area contributed by atoms with Crippen LogP contribution in [0.5, 0.6) is 5.75 Å². The molecule has 8 nitrogen and oxygen atoms in total. The van der Waals surface area contributed by atoms with Crippen LogP contribution in [-0.2, 0) is 9.59 Å². The van der Waals surface area contributed by atoms with Crippen molar-refractivity contribution in [2.45, 2.75) is 50.3 Å². The van der Waals surface area contributed by atoms with Crippen molar-refractivity contribution in [3.05, 3.63) is 24.3 Å². The van der Waals surface area contributed by atoms with Crippen LogP contribution < -0.4 is 15.5 Å². The number of nitrogens with zero attached hydrogens (tertiary/aromatic N) is 3. The molecular formula is C21H28ClN5O3S. The Kier molecular flexibility index (Phi) is 6.81. The van der Waals surface area contributed by atoms with Crippen molar-refractivity contribution in [1.82, 2.24) is 15.2 Å². The quantitative estimate of drug-likeness (QED) is 0.628. The van der Waals surface area contributed by atoms with Gasteiger partial charge in [-0.2, -0.15) is 5.10 Å². The molecule has 10 heteroatoms. The molecule has 2 N–H and O–H groups in total. The second-order valence-electron chi connectivity index (χ2n) is 7.99. The van der Waals surface area contributed by atoms with Crippen LogP contribution in [0, 0.1) is 5.92 Å². The van der Waals surface area contributed by atoms with E-state index in [2.05, 4.69) is 27.7 Å². The minimum Gasteiger partial charge on any atom is -0.497 e. The fraction of sp³-hybridized carbons (Fsp3) is 0.571. The summed E-state index contributed by atoms with van der Waals surface area (Å²) in [6.07, 6.45) is 2.99. The number of amidine groups is 1. The lowest BCUT2D eigenvalue weighted by molar-refractivity contribution is -0.155. The van der Waals surface area contributed by atoms with Crippen LogP contribution in [0.1, 0.15) is 32.6 Å². The normalized spacial score (nSPS) is 27.2. The third kappa shape index (κ3) is 4.57. The molecule has 0 radical (unpaired) electrons. The molecule has 4 atom stereocenters. The third-order valence-corrected chi connectivity index (χ3v) is 7.30. The number of alkyl halides is 1. The van der Waals surface area contributed by atoms with E-state index in [1.165, 1.54) is 11.8 Å². The number of thioether (sulfide) groups is 1. The Bertz CT molecular complexity index is 852. The lowest BCUT2D eigenvalue weighted by Crippen LogP contribution is -2.67. The van der Waals surface area contributed by atoms with Gasteiger partial charge in [-0.1, -0.05) is 18.7 Å². The predicted octanol–water partition coefficient (Wildman–Crippen LogP) is 2.86. The summed E-state index contributed by atoms with van der Waals surface area (Å²) in [5.41, 5.74) is 3.84. The Hall–Kier alpha value is -2.13. The van der Waals surface area contributed by atoms with Crippen LogP contribution in [0.15, 0.2) is 29.4 Å². The number of hydrogen-bond donors (Lipinski definition) is 2. The van der Waals surface area contributed by atoms with Gasteiger partial charge in [-0.15, -0.1) is 11.6 Å². The molecule has 2 fully saturated rings. The maximum atomic E-state index is 13.1. The average molecular weight is 466 g/mol. The largest absolute Gasteiger partial charge is 0.497 e. The highest BCUT2D eigenvalue weighted by Crippen LogP contribution is 2.40. The van der Waals surface area contributed by atoms with Crippen molar-refractivity contribution in [1.29, 1.82) is 0 Å².